The Labute approximate surface area is 154 Å². The molecule has 0 radical (unpaired) electrons. The van der Waals surface area contributed by atoms with Gasteiger partial charge in [0, 0.05) is 10.7 Å². The first kappa shape index (κ1) is 17.4. The van der Waals surface area contributed by atoms with Gasteiger partial charge in [-0.1, -0.05) is 23.2 Å². The lowest BCUT2D eigenvalue weighted by Gasteiger charge is -2.23. The normalized spacial score (nSPS) is 15.6. The summed E-state index contributed by atoms with van der Waals surface area (Å²) in [6.45, 7) is 1.44. The Morgan fingerprint density at radius 1 is 1.28 bits per heavy atom. The van der Waals surface area contributed by atoms with E-state index in [9.17, 15) is 9.59 Å². The van der Waals surface area contributed by atoms with Crippen molar-refractivity contribution in [3.8, 4) is 11.5 Å². The summed E-state index contributed by atoms with van der Waals surface area (Å²) in [6, 6.07) is 9.71. The van der Waals surface area contributed by atoms with E-state index in [2.05, 4.69) is 10.6 Å². The molecule has 25 heavy (non-hydrogen) atoms. The van der Waals surface area contributed by atoms with Gasteiger partial charge in [0.05, 0.1) is 10.7 Å². The largest absolute Gasteiger partial charge is 0.482 e. The molecule has 0 saturated heterocycles. The maximum Gasteiger partial charge on any atom is 0.265 e. The van der Waals surface area contributed by atoms with Crippen LogP contribution >= 0.6 is 23.2 Å². The topological polar surface area (TPSA) is 76.7 Å². The second-order valence-electron chi connectivity index (χ2n) is 5.37. The van der Waals surface area contributed by atoms with E-state index in [1.54, 1.807) is 37.3 Å². The zero-order valence-corrected chi connectivity index (χ0v) is 14.6. The highest BCUT2D eigenvalue weighted by atomic mass is 35.5. The van der Waals surface area contributed by atoms with Crippen LogP contribution in [0.1, 0.15) is 6.92 Å². The number of hydrogen-bond acceptors (Lipinski definition) is 4. The van der Waals surface area contributed by atoms with Crippen molar-refractivity contribution in [1.82, 2.24) is 0 Å². The first-order valence-corrected chi connectivity index (χ1v) is 8.17. The van der Waals surface area contributed by atoms with Crippen LogP contribution in [0.3, 0.4) is 0 Å². The molecule has 0 fully saturated rings. The highest BCUT2D eigenvalue weighted by Gasteiger charge is 2.23. The highest BCUT2D eigenvalue weighted by molar-refractivity contribution is 6.35. The fourth-order valence-corrected chi connectivity index (χ4v) is 2.68. The maximum absolute atomic E-state index is 12.0. The first-order chi connectivity index (χ1) is 11.9. The molecule has 130 valence electrons. The molecule has 2 amide bonds. The number of amides is 2. The Hall–Kier alpha value is -2.44. The van der Waals surface area contributed by atoms with Crippen LogP contribution in [-0.4, -0.2) is 24.5 Å². The Balaban J connectivity index is 1.61. The number of carbonyl (C=O) groups excluding carboxylic acids is 2. The minimum Gasteiger partial charge on any atom is -0.482 e. The average molecular weight is 381 g/mol. The number of nitrogens with one attached hydrogen (secondary N) is 2. The fraction of sp³-hybridized carbons (Fsp3) is 0.176. The summed E-state index contributed by atoms with van der Waals surface area (Å²) >= 11 is 11.8. The van der Waals surface area contributed by atoms with Crippen molar-refractivity contribution in [3.63, 3.8) is 0 Å². The van der Waals surface area contributed by atoms with E-state index in [0.29, 0.717) is 32.9 Å². The second-order valence-corrected chi connectivity index (χ2v) is 6.22. The first-order valence-electron chi connectivity index (χ1n) is 7.41. The molecule has 1 aliphatic rings. The van der Waals surface area contributed by atoms with Crippen molar-refractivity contribution >= 4 is 46.4 Å². The fourth-order valence-electron chi connectivity index (χ4n) is 2.22. The average Bonchev–Trinajstić information content (AvgIpc) is 2.55. The lowest BCUT2D eigenvalue weighted by molar-refractivity contribution is -0.122. The molecule has 2 N–H and O–H groups in total. The monoisotopic (exact) mass is 380 g/mol. The molecule has 0 aliphatic carbocycles. The van der Waals surface area contributed by atoms with Crippen molar-refractivity contribution in [2.45, 2.75) is 13.0 Å². The number of carbonyl (C=O) groups is 2. The van der Waals surface area contributed by atoms with Gasteiger partial charge < -0.3 is 20.1 Å². The van der Waals surface area contributed by atoms with Gasteiger partial charge in [0.25, 0.3) is 11.8 Å². The quantitative estimate of drug-likeness (QED) is 0.846. The van der Waals surface area contributed by atoms with Gasteiger partial charge >= 0.3 is 0 Å². The summed E-state index contributed by atoms with van der Waals surface area (Å²) in [4.78, 5) is 23.7. The molecule has 0 unspecified atom stereocenters. The van der Waals surface area contributed by atoms with Gasteiger partial charge in [-0.15, -0.1) is 0 Å². The molecule has 1 heterocycles. The summed E-state index contributed by atoms with van der Waals surface area (Å²) in [5.74, 6) is 0.301. The molecule has 0 spiro atoms. The van der Waals surface area contributed by atoms with Crippen molar-refractivity contribution in [2.24, 2.45) is 0 Å². The van der Waals surface area contributed by atoms with Crippen molar-refractivity contribution in [3.05, 3.63) is 46.4 Å². The van der Waals surface area contributed by atoms with Gasteiger partial charge in [0.1, 0.15) is 11.5 Å². The molecule has 6 nitrogen and oxygen atoms in total. The van der Waals surface area contributed by atoms with Gasteiger partial charge in [-0.05, 0) is 43.3 Å². The molecular formula is C17H14Cl2N2O4. The van der Waals surface area contributed by atoms with Crippen LogP contribution in [0, 0.1) is 0 Å². The zero-order valence-electron chi connectivity index (χ0n) is 13.1. The predicted molar refractivity (Wildman–Crippen MR) is 95.7 cm³/mol. The molecule has 3 rings (SSSR count). The molecule has 1 atom stereocenters. The smallest absolute Gasteiger partial charge is 0.265 e. The van der Waals surface area contributed by atoms with Crippen molar-refractivity contribution < 1.29 is 19.1 Å². The van der Waals surface area contributed by atoms with Crippen LogP contribution < -0.4 is 20.1 Å². The van der Waals surface area contributed by atoms with E-state index < -0.39 is 6.10 Å². The van der Waals surface area contributed by atoms with E-state index in [0.717, 1.165) is 0 Å². The van der Waals surface area contributed by atoms with Crippen LogP contribution in [0.2, 0.25) is 10.0 Å². The molecule has 1 aliphatic heterocycles. The number of halogens is 2. The third kappa shape index (κ3) is 4.15. The van der Waals surface area contributed by atoms with Crippen LogP contribution in [0.5, 0.6) is 11.5 Å². The third-order valence-electron chi connectivity index (χ3n) is 3.45. The van der Waals surface area contributed by atoms with Gasteiger partial charge in [0.2, 0.25) is 0 Å². The van der Waals surface area contributed by atoms with Gasteiger partial charge in [0.15, 0.2) is 12.7 Å². The Morgan fingerprint density at radius 2 is 2.08 bits per heavy atom. The number of hydrogen-bond donors (Lipinski definition) is 2. The number of fused-ring (bicyclic) bond motifs is 1. The van der Waals surface area contributed by atoms with Crippen LogP contribution in [0.4, 0.5) is 11.4 Å². The van der Waals surface area contributed by atoms with E-state index >= 15 is 0 Å². The van der Waals surface area contributed by atoms with Crippen LogP contribution in [0.25, 0.3) is 0 Å². The number of ether oxygens (including phenoxy) is 2. The van der Waals surface area contributed by atoms with E-state index in [4.69, 9.17) is 32.7 Å². The maximum atomic E-state index is 12.0. The van der Waals surface area contributed by atoms with E-state index in [1.165, 1.54) is 6.07 Å². The highest BCUT2D eigenvalue weighted by Crippen LogP contribution is 2.32. The molecule has 0 bridgehead atoms. The standard InChI is InChI=1S/C17H14Cl2N2O4/c1-9-17(23)21-13-7-11(3-5-15(13)25-9)20-16(22)8-24-14-4-2-10(18)6-12(14)19/h2-7,9H,8H2,1H3,(H,20,22)(H,21,23)/t9-/m0/s1. The molecular weight excluding hydrogens is 367 g/mol. The number of anilines is 2. The summed E-state index contributed by atoms with van der Waals surface area (Å²) in [5.41, 5.74) is 1.01. The number of benzene rings is 2. The molecule has 8 heteroatoms. The molecule has 2 aromatic carbocycles. The second kappa shape index (κ2) is 7.21. The van der Waals surface area contributed by atoms with E-state index in [1.807, 2.05) is 0 Å². The van der Waals surface area contributed by atoms with Crippen molar-refractivity contribution in [2.75, 3.05) is 17.2 Å². The summed E-state index contributed by atoms with van der Waals surface area (Å²) in [5, 5.41) is 6.20. The van der Waals surface area contributed by atoms with Gasteiger partial charge in [-0.2, -0.15) is 0 Å². The predicted octanol–water partition coefficient (Wildman–Crippen LogP) is 3.73. The van der Waals surface area contributed by atoms with Crippen molar-refractivity contribution in [1.29, 1.82) is 0 Å². The summed E-state index contributed by atoms with van der Waals surface area (Å²) in [6.07, 6.45) is -0.550. The minimum absolute atomic E-state index is 0.224. The minimum atomic E-state index is -0.550. The molecule has 0 aromatic heterocycles. The Kier molecular flexibility index (Phi) is 5.01. The van der Waals surface area contributed by atoms with Gasteiger partial charge in [-0.3, -0.25) is 9.59 Å². The van der Waals surface area contributed by atoms with Gasteiger partial charge in [-0.25, -0.2) is 0 Å². The zero-order chi connectivity index (χ0) is 18.0. The number of rotatable bonds is 4. The summed E-state index contributed by atoms with van der Waals surface area (Å²) < 4.78 is 10.8. The Bertz CT molecular complexity index is 841. The lowest BCUT2D eigenvalue weighted by atomic mass is 10.2. The van der Waals surface area contributed by atoms with E-state index in [-0.39, 0.29) is 18.4 Å². The SMILES string of the molecule is C[C@@H]1Oc2ccc(NC(=O)COc3ccc(Cl)cc3Cl)cc2NC1=O. The van der Waals surface area contributed by atoms with Crippen LogP contribution in [-0.2, 0) is 9.59 Å². The lowest BCUT2D eigenvalue weighted by Crippen LogP contribution is -2.34. The Morgan fingerprint density at radius 3 is 2.84 bits per heavy atom. The molecule has 2 aromatic rings. The molecule has 0 saturated carbocycles. The van der Waals surface area contributed by atoms with Crippen LogP contribution in [0.15, 0.2) is 36.4 Å². The third-order valence-corrected chi connectivity index (χ3v) is 3.98. The summed E-state index contributed by atoms with van der Waals surface area (Å²) in [7, 11) is 0.